The summed E-state index contributed by atoms with van der Waals surface area (Å²) >= 11 is 0. The highest BCUT2D eigenvalue weighted by molar-refractivity contribution is 5.95. The van der Waals surface area contributed by atoms with Gasteiger partial charge in [-0.15, -0.1) is 0 Å². The van der Waals surface area contributed by atoms with Gasteiger partial charge in [-0.3, -0.25) is 9.69 Å². The SMILES string of the molecule is CC(=O)c1ccc(N2CC(C#N)COC2=O)cc1. The van der Waals surface area contributed by atoms with Gasteiger partial charge in [0, 0.05) is 17.8 Å². The van der Waals surface area contributed by atoms with Crippen molar-refractivity contribution >= 4 is 17.6 Å². The second-order valence-corrected chi connectivity index (χ2v) is 4.12. The lowest BCUT2D eigenvalue weighted by Gasteiger charge is -2.29. The van der Waals surface area contributed by atoms with Crippen molar-refractivity contribution in [3.05, 3.63) is 29.8 Å². The van der Waals surface area contributed by atoms with E-state index in [9.17, 15) is 9.59 Å². The van der Waals surface area contributed by atoms with Gasteiger partial charge in [0.2, 0.25) is 0 Å². The van der Waals surface area contributed by atoms with Gasteiger partial charge in [-0.1, -0.05) is 0 Å². The van der Waals surface area contributed by atoms with E-state index in [4.69, 9.17) is 10.00 Å². The van der Waals surface area contributed by atoms with Crippen molar-refractivity contribution in [3.63, 3.8) is 0 Å². The van der Waals surface area contributed by atoms with Crippen LogP contribution in [0.25, 0.3) is 0 Å². The number of Topliss-reactive ketones (excluding diaryl/α,β-unsaturated/α-hetero) is 1. The Morgan fingerprint density at radius 3 is 2.67 bits per heavy atom. The van der Waals surface area contributed by atoms with E-state index in [1.807, 2.05) is 0 Å². The Balaban J connectivity index is 2.22. The standard InChI is InChI=1S/C13H12N2O3/c1-9(16)11-2-4-12(5-3-11)15-7-10(6-14)8-18-13(15)17/h2-5,10H,7-8H2,1H3. The van der Waals surface area contributed by atoms with E-state index in [0.717, 1.165) is 0 Å². The summed E-state index contributed by atoms with van der Waals surface area (Å²) < 4.78 is 4.92. The lowest BCUT2D eigenvalue weighted by atomic mass is 10.1. The van der Waals surface area contributed by atoms with Gasteiger partial charge in [0.25, 0.3) is 0 Å². The summed E-state index contributed by atoms with van der Waals surface area (Å²) in [5.74, 6) is -0.354. The number of hydrogen-bond acceptors (Lipinski definition) is 4. The van der Waals surface area contributed by atoms with Crippen molar-refractivity contribution in [2.24, 2.45) is 5.92 Å². The van der Waals surface area contributed by atoms with Gasteiger partial charge in [0.15, 0.2) is 5.78 Å². The molecule has 0 saturated carbocycles. The number of carbonyl (C=O) groups excluding carboxylic acids is 2. The summed E-state index contributed by atoms with van der Waals surface area (Å²) in [5, 5.41) is 8.85. The quantitative estimate of drug-likeness (QED) is 0.746. The number of anilines is 1. The van der Waals surface area contributed by atoms with Gasteiger partial charge >= 0.3 is 6.09 Å². The van der Waals surface area contributed by atoms with Crippen LogP contribution in [0.4, 0.5) is 10.5 Å². The molecule has 0 radical (unpaired) electrons. The lowest BCUT2D eigenvalue weighted by Crippen LogP contribution is -2.42. The Kier molecular flexibility index (Phi) is 3.28. The normalized spacial score (nSPS) is 19.0. The number of ether oxygens (including phenoxy) is 1. The monoisotopic (exact) mass is 244 g/mol. The van der Waals surface area contributed by atoms with Crippen LogP contribution in [0, 0.1) is 17.2 Å². The molecule has 1 aliphatic heterocycles. The van der Waals surface area contributed by atoms with Crippen LogP contribution < -0.4 is 4.90 Å². The van der Waals surface area contributed by atoms with Crippen LogP contribution in [0.5, 0.6) is 0 Å². The molecule has 2 rings (SSSR count). The second kappa shape index (κ2) is 4.88. The largest absolute Gasteiger partial charge is 0.448 e. The molecule has 18 heavy (non-hydrogen) atoms. The van der Waals surface area contributed by atoms with Gasteiger partial charge in [0.05, 0.1) is 12.0 Å². The maximum atomic E-state index is 11.6. The molecule has 1 unspecified atom stereocenters. The minimum absolute atomic E-state index is 0.0299. The molecule has 1 saturated heterocycles. The first-order valence-electron chi connectivity index (χ1n) is 5.56. The van der Waals surface area contributed by atoms with Crippen molar-refractivity contribution < 1.29 is 14.3 Å². The number of cyclic esters (lactones) is 1. The van der Waals surface area contributed by atoms with Crippen LogP contribution in [-0.2, 0) is 4.74 Å². The molecule has 1 atom stereocenters. The van der Waals surface area contributed by atoms with E-state index in [0.29, 0.717) is 17.8 Å². The number of nitrogens with zero attached hydrogens (tertiary/aromatic N) is 2. The van der Waals surface area contributed by atoms with E-state index in [2.05, 4.69) is 6.07 Å². The number of ketones is 1. The molecule has 1 heterocycles. The molecule has 5 heteroatoms. The van der Waals surface area contributed by atoms with E-state index in [1.54, 1.807) is 24.3 Å². The van der Waals surface area contributed by atoms with Crippen molar-refractivity contribution in [2.75, 3.05) is 18.1 Å². The zero-order valence-corrected chi connectivity index (χ0v) is 9.92. The average Bonchev–Trinajstić information content (AvgIpc) is 2.39. The van der Waals surface area contributed by atoms with Crippen LogP contribution in [0.15, 0.2) is 24.3 Å². The van der Waals surface area contributed by atoms with Crippen molar-refractivity contribution in [1.29, 1.82) is 5.26 Å². The average molecular weight is 244 g/mol. The van der Waals surface area contributed by atoms with Gasteiger partial charge < -0.3 is 4.74 Å². The molecular weight excluding hydrogens is 232 g/mol. The number of rotatable bonds is 2. The Bertz CT molecular complexity index is 516. The maximum absolute atomic E-state index is 11.6. The third kappa shape index (κ3) is 2.33. The predicted molar refractivity (Wildman–Crippen MR) is 64.2 cm³/mol. The van der Waals surface area contributed by atoms with Crippen LogP contribution in [-0.4, -0.2) is 25.0 Å². The summed E-state index contributed by atoms with van der Waals surface area (Å²) in [5.41, 5.74) is 1.21. The minimum atomic E-state index is -0.461. The van der Waals surface area contributed by atoms with Gasteiger partial charge in [-0.05, 0) is 31.2 Å². The number of nitriles is 1. The smallest absolute Gasteiger partial charge is 0.414 e. The molecule has 0 aliphatic carbocycles. The molecule has 92 valence electrons. The first-order chi connectivity index (χ1) is 8.61. The zero-order valence-electron chi connectivity index (χ0n) is 9.92. The van der Waals surface area contributed by atoms with Crippen molar-refractivity contribution in [3.8, 4) is 6.07 Å². The Morgan fingerprint density at radius 1 is 1.44 bits per heavy atom. The molecule has 1 amide bonds. The van der Waals surface area contributed by atoms with E-state index >= 15 is 0 Å². The van der Waals surface area contributed by atoms with Crippen LogP contribution in [0.1, 0.15) is 17.3 Å². The number of benzene rings is 1. The van der Waals surface area contributed by atoms with Gasteiger partial charge in [0.1, 0.15) is 6.61 Å². The molecule has 0 bridgehead atoms. The molecule has 1 aromatic carbocycles. The predicted octanol–water partition coefficient (Wildman–Crippen LogP) is 1.99. The Labute approximate surface area is 105 Å². The van der Waals surface area contributed by atoms with Gasteiger partial charge in [-0.25, -0.2) is 4.79 Å². The van der Waals surface area contributed by atoms with Gasteiger partial charge in [-0.2, -0.15) is 5.26 Å². The lowest BCUT2D eigenvalue weighted by molar-refractivity contribution is 0.101. The Hall–Kier alpha value is -2.35. The Morgan fingerprint density at radius 2 is 2.11 bits per heavy atom. The highest BCUT2D eigenvalue weighted by Crippen LogP contribution is 2.21. The zero-order chi connectivity index (χ0) is 13.1. The third-order valence-corrected chi connectivity index (χ3v) is 2.80. The van der Waals surface area contributed by atoms with Crippen molar-refractivity contribution in [1.82, 2.24) is 0 Å². The van der Waals surface area contributed by atoms with Crippen LogP contribution in [0.3, 0.4) is 0 Å². The number of carbonyl (C=O) groups is 2. The van der Waals surface area contributed by atoms with E-state index in [-0.39, 0.29) is 18.3 Å². The molecule has 1 fully saturated rings. The fourth-order valence-corrected chi connectivity index (χ4v) is 1.76. The minimum Gasteiger partial charge on any atom is -0.448 e. The van der Waals surface area contributed by atoms with Crippen LogP contribution >= 0.6 is 0 Å². The molecule has 5 nitrogen and oxygen atoms in total. The number of amides is 1. The fraction of sp³-hybridized carbons (Fsp3) is 0.308. The molecule has 1 aliphatic rings. The topological polar surface area (TPSA) is 70.4 Å². The summed E-state index contributed by atoms with van der Waals surface area (Å²) in [6.45, 7) is 1.93. The molecule has 0 spiro atoms. The molecule has 0 N–H and O–H groups in total. The summed E-state index contributed by atoms with van der Waals surface area (Å²) in [7, 11) is 0. The number of hydrogen-bond donors (Lipinski definition) is 0. The van der Waals surface area contributed by atoms with Crippen molar-refractivity contribution in [2.45, 2.75) is 6.92 Å². The molecule has 1 aromatic rings. The van der Waals surface area contributed by atoms with E-state index < -0.39 is 6.09 Å². The fourth-order valence-electron chi connectivity index (χ4n) is 1.76. The maximum Gasteiger partial charge on any atom is 0.414 e. The molecule has 0 aromatic heterocycles. The summed E-state index contributed by atoms with van der Waals surface area (Å²) in [6, 6.07) is 8.74. The first kappa shape index (κ1) is 12.1. The summed E-state index contributed by atoms with van der Waals surface area (Å²) in [4.78, 5) is 24.2. The summed E-state index contributed by atoms with van der Waals surface area (Å²) in [6.07, 6.45) is -0.461. The second-order valence-electron chi connectivity index (χ2n) is 4.12. The third-order valence-electron chi connectivity index (χ3n) is 2.80. The van der Waals surface area contributed by atoms with E-state index in [1.165, 1.54) is 11.8 Å². The molecular formula is C13H12N2O3. The van der Waals surface area contributed by atoms with Crippen LogP contribution in [0.2, 0.25) is 0 Å². The first-order valence-corrected chi connectivity index (χ1v) is 5.56. The highest BCUT2D eigenvalue weighted by Gasteiger charge is 2.28. The highest BCUT2D eigenvalue weighted by atomic mass is 16.6.